The maximum absolute atomic E-state index is 5.56. The molecule has 0 radical (unpaired) electrons. The molecule has 0 spiro atoms. The standard InChI is InChI=1S/C11H19NO/c1-11(2,3)13-12-10-7-8-5-4-6-9(8)10/h4,6,8-10,12H,5,7H2,1-3H3. The summed E-state index contributed by atoms with van der Waals surface area (Å²) in [6.45, 7) is 6.21. The van der Waals surface area contributed by atoms with Gasteiger partial charge in [-0.2, -0.15) is 5.48 Å². The van der Waals surface area contributed by atoms with Crippen molar-refractivity contribution >= 4 is 0 Å². The quantitative estimate of drug-likeness (QED) is 0.521. The van der Waals surface area contributed by atoms with Crippen molar-refractivity contribution in [1.82, 2.24) is 5.48 Å². The molecule has 2 heteroatoms. The van der Waals surface area contributed by atoms with Gasteiger partial charge in [0.05, 0.1) is 5.60 Å². The van der Waals surface area contributed by atoms with Crippen LogP contribution in [0.5, 0.6) is 0 Å². The van der Waals surface area contributed by atoms with E-state index in [0.717, 1.165) is 11.8 Å². The van der Waals surface area contributed by atoms with Gasteiger partial charge >= 0.3 is 0 Å². The number of allylic oxidation sites excluding steroid dienone is 1. The Labute approximate surface area is 80.3 Å². The molecule has 0 saturated heterocycles. The minimum absolute atomic E-state index is 0.0760. The average molecular weight is 181 g/mol. The van der Waals surface area contributed by atoms with Gasteiger partial charge in [0.1, 0.15) is 0 Å². The number of hydrogen-bond donors (Lipinski definition) is 1. The molecule has 0 aromatic carbocycles. The van der Waals surface area contributed by atoms with Crippen molar-refractivity contribution in [2.24, 2.45) is 11.8 Å². The molecule has 0 aromatic rings. The molecule has 3 unspecified atom stereocenters. The van der Waals surface area contributed by atoms with Crippen LogP contribution in [0.25, 0.3) is 0 Å². The predicted molar refractivity (Wildman–Crippen MR) is 53.1 cm³/mol. The van der Waals surface area contributed by atoms with E-state index in [-0.39, 0.29) is 5.60 Å². The molecule has 0 aliphatic heterocycles. The van der Waals surface area contributed by atoms with E-state index >= 15 is 0 Å². The highest BCUT2D eigenvalue weighted by molar-refractivity contribution is 5.12. The van der Waals surface area contributed by atoms with Gasteiger partial charge in [-0.15, -0.1) is 0 Å². The fourth-order valence-corrected chi connectivity index (χ4v) is 2.11. The molecule has 0 aromatic heterocycles. The molecule has 1 saturated carbocycles. The minimum atomic E-state index is -0.0760. The van der Waals surface area contributed by atoms with Crippen LogP contribution in [0.15, 0.2) is 12.2 Å². The van der Waals surface area contributed by atoms with Gasteiger partial charge < -0.3 is 0 Å². The second-order valence-corrected chi connectivity index (χ2v) is 5.18. The molecule has 2 rings (SSSR count). The molecule has 2 nitrogen and oxygen atoms in total. The first kappa shape index (κ1) is 9.22. The van der Waals surface area contributed by atoms with Crippen LogP contribution in [0.3, 0.4) is 0 Å². The van der Waals surface area contributed by atoms with Crippen molar-refractivity contribution in [2.75, 3.05) is 0 Å². The predicted octanol–water partition coefficient (Wildman–Crippen LogP) is 2.27. The summed E-state index contributed by atoms with van der Waals surface area (Å²) < 4.78 is 0. The van der Waals surface area contributed by atoms with E-state index in [0.29, 0.717) is 6.04 Å². The zero-order valence-electron chi connectivity index (χ0n) is 8.71. The van der Waals surface area contributed by atoms with E-state index in [2.05, 4.69) is 38.4 Å². The van der Waals surface area contributed by atoms with E-state index in [1.54, 1.807) is 0 Å². The minimum Gasteiger partial charge on any atom is -0.296 e. The third-order valence-corrected chi connectivity index (χ3v) is 2.88. The van der Waals surface area contributed by atoms with E-state index in [1.165, 1.54) is 12.8 Å². The Bertz CT molecular complexity index is 217. The average Bonchev–Trinajstić information content (AvgIpc) is 2.30. The normalized spacial score (nSPS) is 37.3. The molecule has 1 N–H and O–H groups in total. The molecule has 1 fully saturated rings. The molecule has 0 amide bonds. The van der Waals surface area contributed by atoms with Gasteiger partial charge in [0.15, 0.2) is 0 Å². The maximum atomic E-state index is 5.56. The van der Waals surface area contributed by atoms with Crippen LogP contribution in [0, 0.1) is 11.8 Å². The summed E-state index contributed by atoms with van der Waals surface area (Å²) in [6, 6.07) is 0.558. The summed E-state index contributed by atoms with van der Waals surface area (Å²) in [6.07, 6.45) is 7.18. The molecule has 74 valence electrons. The summed E-state index contributed by atoms with van der Waals surface area (Å²) in [4.78, 5) is 5.56. The molecule has 3 atom stereocenters. The lowest BCUT2D eigenvalue weighted by Crippen LogP contribution is -2.50. The second-order valence-electron chi connectivity index (χ2n) is 5.18. The van der Waals surface area contributed by atoms with Gasteiger partial charge in [0.2, 0.25) is 0 Å². The maximum Gasteiger partial charge on any atom is 0.0813 e. The zero-order chi connectivity index (χ0) is 9.47. The highest BCUT2D eigenvalue weighted by Gasteiger charge is 2.41. The molecule has 2 aliphatic carbocycles. The molecular formula is C11H19NO. The number of nitrogens with one attached hydrogen (secondary N) is 1. The van der Waals surface area contributed by atoms with Crippen molar-refractivity contribution in [3.05, 3.63) is 12.2 Å². The van der Waals surface area contributed by atoms with Crippen molar-refractivity contribution in [3.63, 3.8) is 0 Å². The Morgan fingerprint density at radius 3 is 2.77 bits per heavy atom. The van der Waals surface area contributed by atoms with Gasteiger partial charge in [-0.1, -0.05) is 12.2 Å². The summed E-state index contributed by atoms with van der Waals surface area (Å²) in [7, 11) is 0. The molecule has 2 aliphatic rings. The van der Waals surface area contributed by atoms with Crippen LogP contribution in [0.1, 0.15) is 33.6 Å². The Morgan fingerprint density at radius 1 is 1.38 bits per heavy atom. The second kappa shape index (κ2) is 3.10. The smallest absolute Gasteiger partial charge is 0.0813 e. The van der Waals surface area contributed by atoms with Gasteiger partial charge in [0, 0.05) is 6.04 Å². The van der Waals surface area contributed by atoms with Crippen molar-refractivity contribution < 1.29 is 4.84 Å². The topological polar surface area (TPSA) is 21.3 Å². The molecular weight excluding hydrogens is 162 g/mol. The SMILES string of the molecule is CC(C)(C)ONC1CC2CC=CC21. The third kappa shape index (κ3) is 1.94. The summed E-state index contributed by atoms with van der Waals surface area (Å²) in [5, 5.41) is 0. The highest BCUT2D eigenvalue weighted by atomic mass is 16.7. The lowest BCUT2D eigenvalue weighted by molar-refractivity contribution is -0.115. The fraction of sp³-hybridized carbons (Fsp3) is 0.818. The Balaban J connectivity index is 1.76. The monoisotopic (exact) mass is 181 g/mol. The first-order valence-electron chi connectivity index (χ1n) is 5.16. The summed E-state index contributed by atoms with van der Waals surface area (Å²) in [5.74, 6) is 1.64. The summed E-state index contributed by atoms with van der Waals surface area (Å²) >= 11 is 0. The van der Waals surface area contributed by atoms with Gasteiger partial charge in [-0.3, -0.25) is 4.84 Å². The lowest BCUT2D eigenvalue weighted by atomic mass is 9.72. The first-order valence-corrected chi connectivity index (χ1v) is 5.16. The number of fused-ring (bicyclic) bond motifs is 1. The lowest BCUT2D eigenvalue weighted by Gasteiger charge is -2.41. The van der Waals surface area contributed by atoms with Crippen molar-refractivity contribution in [2.45, 2.75) is 45.3 Å². The number of hydroxylamine groups is 1. The van der Waals surface area contributed by atoms with E-state index in [4.69, 9.17) is 4.84 Å². The van der Waals surface area contributed by atoms with Crippen LogP contribution in [-0.2, 0) is 4.84 Å². The van der Waals surface area contributed by atoms with Crippen LogP contribution in [0.2, 0.25) is 0 Å². The van der Waals surface area contributed by atoms with Crippen molar-refractivity contribution in [1.29, 1.82) is 0 Å². The van der Waals surface area contributed by atoms with E-state index < -0.39 is 0 Å². The molecule has 13 heavy (non-hydrogen) atoms. The highest BCUT2D eigenvalue weighted by Crippen LogP contribution is 2.42. The fourth-order valence-electron chi connectivity index (χ4n) is 2.11. The van der Waals surface area contributed by atoms with Gasteiger partial charge in [-0.25, -0.2) is 0 Å². The molecule has 0 bridgehead atoms. The summed E-state index contributed by atoms with van der Waals surface area (Å²) in [5.41, 5.74) is 3.10. The number of hydrogen-bond acceptors (Lipinski definition) is 2. The van der Waals surface area contributed by atoms with Gasteiger partial charge in [-0.05, 0) is 45.4 Å². The number of rotatable bonds is 2. The van der Waals surface area contributed by atoms with Crippen LogP contribution < -0.4 is 5.48 Å². The van der Waals surface area contributed by atoms with Crippen LogP contribution in [-0.4, -0.2) is 11.6 Å². The Morgan fingerprint density at radius 2 is 2.15 bits per heavy atom. The Hall–Kier alpha value is -0.340. The first-order chi connectivity index (χ1) is 6.06. The van der Waals surface area contributed by atoms with Gasteiger partial charge in [0.25, 0.3) is 0 Å². The zero-order valence-corrected chi connectivity index (χ0v) is 8.71. The van der Waals surface area contributed by atoms with E-state index in [9.17, 15) is 0 Å². The largest absolute Gasteiger partial charge is 0.296 e. The van der Waals surface area contributed by atoms with Crippen LogP contribution in [0.4, 0.5) is 0 Å². The van der Waals surface area contributed by atoms with Crippen LogP contribution >= 0.6 is 0 Å². The van der Waals surface area contributed by atoms with E-state index in [1.807, 2.05) is 0 Å². The van der Waals surface area contributed by atoms with Crippen molar-refractivity contribution in [3.8, 4) is 0 Å². The molecule has 0 heterocycles. The third-order valence-electron chi connectivity index (χ3n) is 2.88. The Kier molecular flexibility index (Phi) is 2.20.